The molecule has 4 nitrogen and oxygen atoms in total. The molecule has 0 bridgehead atoms. The summed E-state index contributed by atoms with van der Waals surface area (Å²) in [5.41, 5.74) is 1.04. The van der Waals surface area contributed by atoms with E-state index < -0.39 is 0 Å². The Balaban J connectivity index is 1.87. The molecule has 2 N–H and O–H groups in total. The molecule has 2 aromatic rings. The highest BCUT2D eigenvalue weighted by molar-refractivity contribution is 5.61. The molecule has 1 saturated carbocycles. The average molecular weight is 268 g/mol. The Morgan fingerprint density at radius 3 is 2.40 bits per heavy atom. The monoisotopic (exact) mass is 268 g/mol. The van der Waals surface area contributed by atoms with Crippen molar-refractivity contribution in [3.05, 3.63) is 36.4 Å². The van der Waals surface area contributed by atoms with Crippen molar-refractivity contribution in [1.29, 1.82) is 0 Å². The lowest BCUT2D eigenvalue weighted by atomic mass is 9.82. The summed E-state index contributed by atoms with van der Waals surface area (Å²) in [5, 5.41) is 6.61. The third kappa shape index (κ3) is 2.74. The first-order valence-electron chi connectivity index (χ1n) is 7.13. The highest BCUT2D eigenvalue weighted by Crippen LogP contribution is 2.30. The van der Waals surface area contributed by atoms with Crippen LogP contribution in [0.25, 0.3) is 11.4 Å². The molecule has 1 aromatic heterocycles. The largest absolute Gasteiger partial charge is 0.373 e. The van der Waals surface area contributed by atoms with Crippen LogP contribution in [0, 0.1) is 5.92 Å². The molecule has 1 aromatic carbocycles. The zero-order valence-electron chi connectivity index (χ0n) is 11.9. The van der Waals surface area contributed by atoms with Gasteiger partial charge in [-0.1, -0.05) is 37.3 Å². The van der Waals surface area contributed by atoms with Gasteiger partial charge in [-0.3, -0.25) is 0 Å². The van der Waals surface area contributed by atoms with Gasteiger partial charge in [0.25, 0.3) is 0 Å². The normalized spacial score (nSPS) is 21.1. The predicted octanol–water partition coefficient (Wildman–Crippen LogP) is 3.40. The summed E-state index contributed by atoms with van der Waals surface area (Å²) >= 11 is 0. The number of anilines is 2. The van der Waals surface area contributed by atoms with E-state index in [4.69, 9.17) is 0 Å². The Morgan fingerprint density at radius 2 is 1.75 bits per heavy atom. The van der Waals surface area contributed by atoms with Gasteiger partial charge in [-0.2, -0.15) is 0 Å². The Bertz CT molecular complexity index is 576. The van der Waals surface area contributed by atoms with Crippen LogP contribution in [0.5, 0.6) is 0 Å². The topological polar surface area (TPSA) is 49.8 Å². The van der Waals surface area contributed by atoms with Crippen LogP contribution in [0.4, 0.5) is 11.6 Å². The molecule has 0 atom stereocenters. The molecule has 1 aliphatic rings. The molecule has 1 fully saturated rings. The Kier molecular flexibility index (Phi) is 3.54. The maximum absolute atomic E-state index is 4.64. The first kappa shape index (κ1) is 12.9. The third-order valence-corrected chi connectivity index (χ3v) is 3.74. The summed E-state index contributed by atoms with van der Waals surface area (Å²) in [6.45, 7) is 2.28. The fourth-order valence-electron chi connectivity index (χ4n) is 2.59. The van der Waals surface area contributed by atoms with Gasteiger partial charge in [0.15, 0.2) is 5.82 Å². The fourth-order valence-corrected chi connectivity index (χ4v) is 2.59. The van der Waals surface area contributed by atoms with Crippen LogP contribution in [0.2, 0.25) is 0 Å². The highest BCUT2D eigenvalue weighted by atomic mass is 15.1. The van der Waals surface area contributed by atoms with Crippen LogP contribution in [0.15, 0.2) is 36.4 Å². The van der Waals surface area contributed by atoms with Crippen molar-refractivity contribution in [3.63, 3.8) is 0 Å². The molecule has 0 spiro atoms. The van der Waals surface area contributed by atoms with E-state index in [9.17, 15) is 0 Å². The quantitative estimate of drug-likeness (QED) is 0.892. The smallest absolute Gasteiger partial charge is 0.163 e. The van der Waals surface area contributed by atoms with Crippen molar-refractivity contribution in [1.82, 2.24) is 9.97 Å². The molecule has 0 saturated heterocycles. The van der Waals surface area contributed by atoms with Crippen molar-refractivity contribution in [2.24, 2.45) is 5.92 Å². The maximum atomic E-state index is 4.64. The number of rotatable bonds is 4. The second-order valence-corrected chi connectivity index (χ2v) is 5.50. The van der Waals surface area contributed by atoms with Gasteiger partial charge >= 0.3 is 0 Å². The van der Waals surface area contributed by atoms with E-state index in [1.807, 2.05) is 43.4 Å². The summed E-state index contributed by atoms with van der Waals surface area (Å²) in [7, 11) is 1.88. The molecular weight excluding hydrogens is 248 g/mol. The molecular formula is C16H20N4. The van der Waals surface area contributed by atoms with E-state index in [0.29, 0.717) is 6.04 Å². The van der Waals surface area contributed by atoms with E-state index in [1.54, 1.807) is 0 Å². The van der Waals surface area contributed by atoms with Gasteiger partial charge < -0.3 is 10.6 Å². The number of benzene rings is 1. The first-order chi connectivity index (χ1) is 9.74. The second-order valence-electron chi connectivity index (χ2n) is 5.50. The summed E-state index contributed by atoms with van der Waals surface area (Å²) in [5.74, 6) is 3.33. The van der Waals surface area contributed by atoms with Gasteiger partial charge in [0.05, 0.1) is 0 Å². The summed E-state index contributed by atoms with van der Waals surface area (Å²) in [6.07, 6.45) is 2.44. The van der Waals surface area contributed by atoms with E-state index in [-0.39, 0.29) is 0 Å². The number of nitrogens with one attached hydrogen (secondary N) is 2. The van der Waals surface area contributed by atoms with E-state index in [2.05, 4.69) is 27.5 Å². The van der Waals surface area contributed by atoms with Crippen molar-refractivity contribution >= 4 is 11.6 Å². The fraction of sp³-hybridized carbons (Fsp3) is 0.375. The van der Waals surface area contributed by atoms with Gasteiger partial charge in [-0.05, 0) is 18.8 Å². The standard InChI is InChI=1S/C16H20N4/c1-11-8-13(9-11)18-15-10-14(17-2)19-16(20-15)12-6-4-3-5-7-12/h3-7,10-11,13H,8-9H2,1-2H3,(H2,17,18,19,20). The summed E-state index contributed by atoms with van der Waals surface area (Å²) in [6, 6.07) is 12.6. The second kappa shape index (κ2) is 5.49. The van der Waals surface area contributed by atoms with E-state index in [1.165, 1.54) is 12.8 Å². The Hall–Kier alpha value is -2.10. The Morgan fingerprint density at radius 1 is 1.05 bits per heavy atom. The minimum absolute atomic E-state index is 0.549. The number of aromatic nitrogens is 2. The molecule has 0 radical (unpaired) electrons. The van der Waals surface area contributed by atoms with Crippen molar-refractivity contribution in [2.45, 2.75) is 25.8 Å². The van der Waals surface area contributed by atoms with E-state index >= 15 is 0 Å². The lowest BCUT2D eigenvalue weighted by molar-refractivity contribution is 0.308. The van der Waals surface area contributed by atoms with Gasteiger partial charge in [0.2, 0.25) is 0 Å². The van der Waals surface area contributed by atoms with Crippen LogP contribution in [-0.4, -0.2) is 23.1 Å². The maximum Gasteiger partial charge on any atom is 0.163 e. The lowest BCUT2D eigenvalue weighted by Gasteiger charge is -2.33. The van der Waals surface area contributed by atoms with Crippen LogP contribution in [-0.2, 0) is 0 Å². The van der Waals surface area contributed by atoms with E-state index in [0.717, 1.165) is 28.9 Å². The number of hydrogen-bond donors (Lipinski definition) is 2. The summed E-state index contributed by atoms with van der Waals surface area (Å²) < 4.78 is 0. The number of hydrogen-bond acceptors (Lipinski definition) is 4. The number of nitrogens with zero attached hydrogens (tertiary/aromatic N) is 2. The molecule has 104 valence electrons. The van der Waals surface area contributed by atoms with Crippen molar-refractivity contribution < 1.29 is 0 Å². The molecule has 1 aliphatic carbocycles. The molecule has 4 heteroatoms. The van der Waals surface area contributed by atoms with Crippen LogP contribution in [0.3, 0.4) is 0 Å². The van der Waals surface area contributed by atoms with Crippen LogP contribution >= 0.6 is 0 Å². The van der Waals surface area contributed by atoms with Gasteiger partial charge in [-0.25, -0.2) is 9.97 Å². The van der Waals surface area contributed by atoms with Crippen molar-refractivity contribution in [2.75, 3.05) is 17.7 Å². The molecule has 0 aliphatic heterocycles. The zero-order chi connectivity index (χ0) is 13.9. The van der Waals surface area contributed by atoms with Gasteiger partial charge in [-0.15, -0.1) is 0 Å². The molecule has 0 unspecified atom stereocenters. The SMILES string of the molecule is CNc1cc(NC2CC(C)C2)nc(-c2ccccc2)n1. The average Bonchev–Trinajstić information content (AvgIpc) is 2.46. The predicted molar refractivity (Wildman–Crippen MR) is 82.8 cm³/mol. The Labute approximate surface area is 119 Å². The first-order valence-corrected chi connectivity index (χ1v) is 7.13. The molecule has 1 heterocycles. The van der Waals surface area contributed by atoms with Gasteiger partial charge in [0.1, 0.15) is 11.6 Å². The summed E-state index contributed by atoms with van der Waals surface area (Å²) in [4.78, 5) is 9.16. The minimum Gasteiger partial charge on any atom is -0.373 e. The highest BCUT2D eigenvalue weighted by Gasteiger charge is 2.25. The lowest BCUT2D eigenvalue weighted by Crippen LogP contribution is -2.34. The van der Waals surface area contributed by atoms with Crippen molar-refractivity contribution in [3.8, 4) is 11.4 Å². The van der Waals surface area contributed by atoms with Gasteiger partial charge in [0, 0.05) is 24.7 Å². The molecule has 3 rings (SSSR count). The molecule has 0 amide bonds. The van der Waals surface area contributed by atoms with Crippen LogP contribution < -0.4 is 10.6 Å². The minimum atomic E-state index is 0.549. The zero-order valence-corrected chi connectivity index (χ0v) is 11.9. The third-order valence-electron chi connectivity index (χ3n) is 3.74. The molecule has 20 heavy (non-hydrogen) atoms. The van der Waals surface area contributed by atoms with Crippen LogP contribution in [0.1, 0.15) is 19.8 Å².